The van der Waals surface area contributed by atoms with Crippen LogP contribution in [0.15, 0.2) is 47.5 Å². The number of nitrogens with one attached hydrogen (secondary N) is 2. The van der Waals surface area contributed by atoms with Gasteiger partial charge in [-0.1, -0.05) is 30.3 Å². The first-order valence-electron chi connectivity index (χ1n) is 11.2. The third kappa shape index (κ3) is 7.00. The second-order valence-corrected chi connectivity index (χ2v) is 8.28. The lowest BCUT2D eigenvalue weighted by Crippen LogP contribution is -2.44. The number of rotatable bonds is 6. The van der Waals surface area contributed by atoms with Crippen LogP contribution in [-0.4, -0.2) is 63.3 Å². The van der Waals surface area contributed by atoms with Crippen molar-refractivity contribution >= 4 is 35.6 Å². The van der Waals surface area contributed by atoms with Crippen molar-refractivity contribution in [1.29, 1.82) is 0 Å². The van der Waals surface area contributed by atoms with Crippen molar-refractivity contribution < 1.29 is 13.5 Å². The molecule has 2 aromatic rings. The Morgan fingerprint density at radius 2 is 1.70 bits per heavy atom. The predicted molar refractivity (Wildman–Crippen MR) is 138 cm³/mol. The quantitative estimate of drug-likeness (QED) is 0.317. The number of halogens is 3. The number of benzene rings is 2. The highest BCUT2D eigenvalue weighted by Gasteiger charge is 2.27. The summed E-state index contributed by atoms with van der Waals surface area (Å²) in [6.45, 7) is 6.29. The number of aliphatic imine (C=N–C) groups is 1. The normalized spacial score (nSPS) is 19.3. The van der Waals surface area contributed by atoms with Crippen LogP contribution in [0.5, 0.6) is 0 Å². The van der Waals surface area contributed by atoms with Gasteiger partial charge in [0.25, 0.3) is 0 Å². The van der Waals surface area contributed by atoms with Crippen LogP contribution in [0.2, 0.25) is 0 Å². The fraction of sp³-hybridized carbons (Fsp3) is 0.458. The highest BCUT2D eigenvalue weighted by molar-refractivity contribution is 14.0. The third-order valence-corrected chi connectivity index (χ3v) is 6.00. The molecule has 2 aliphatic rings. The molecule has 0 radical (unpaired) electrons. The fourth-order valence-corrected chi connectivity index (χ4v) is 4.23. The van der Waals surface area contributed by atoms with Crippen LogP contribution in [0, 0.1) is 11.6 Å². The summed E-state index contributed by atoms with van der Waals surface area (Å²) in [7, 11) is 1.73. The lowest BCUT2D eigenvalue weighted by Gasteiger charge is -2.26. The molecule has 2 aromatic carbocycles. The summed E-state index contributed by atoms with van der Waals surface area (Å²) in [4.78, 5) is 8.46. The standard InChI is InChI=1S/C24H31F2N5O.HI/c1-27-24(29-20-9-10-31(17-20)23-21(25)3-2-4-22(23)26)28-15-18-5-7-19(8-6-18)16-30-11-13-32-14-12-30;/h2-8,20H,9-17H2,1H3,(H2,27,28,29);1H. The summed E-state index contributed by atoms with van der Waals surface area (Å²) < 4.78 is 33.6. The molecule has 0 aliphatic carbocycles. The summed E-state index contributed by atoms with van der Waals surface area (Å²) >= 11 is 0. The number of nitrogens with zero attached hydrogens (tertiary/aromatic N) is 3. The van der Waals surface area contributed by atoms with Crippen molar-refractivity contribution in [3.63, 3.8) is 0 Å². The van der Waals surface area contributed by atoms with Gasteiger partial charge in [0, 0.05) is 52.4 Å². The Bertz CT molecular complexity index is 901. The predicted octanol–water partition coefficient (Wildman–Crippen LogP) is 3.36. The minimum absolute atomic E-state index is 0. The molecule has 1 unspecified atom stereocenters. The van der Waals surface area contributed by atoms with Crippen LogP contribution in [0.1, 0.15) is 17.5 Å². The Labute approximate surface area is 211 Å². The molecule has 0 bridgehead atoms. The van der Waals surface area contributed by atoms with Crippen molar-refractivity contribution in [2.75, 3.05) is 51.3 Å². The van der Waals surface area contributed by atoms with Crippen LogP contribution >= 0.6 is 24.0 Å². The number of guanidine groups is 1. The third-order valence-electron chi connectivity index (χ3n) is 6.00. The Balaban J connectivity index is 0.00000306. The van der Waals surface area contributed by atoms with E-state index in [1.54, 1.807) is 11.9 Å². The molecule has 1 atom stereocenters. The van der Waals surface area contributed by atoms with E-state index in [0.717, 1.165) is 39.3 Å². The molecular formula is C24H32F2IN5O. The second kappa shape index (κ2) is 12.5. The molecule has 4 rings (SSSR count). The Morgan fingerprint density at radius 3 is 2.36 bits per heavy atom. The first-order chi connectivity index (χ1) is 15.6. The monoisotopic (exact) mass is 571 g/mol. The maximum Gasteiger partial charge on any atom is 0.191 e. The topological polar surface area (TPSA) is 52.1 Å². The highest BCUT2D eigenvalue weighted by Crippen LogP contribution is 2.26. The summed E-state index contributed by atoms with van der Waals surface area (Å²) in [5.41, 5.74) is 2.52. The van der Waals surface area contributed by atoms with Crippen LogP contribution in [0.25, 0.3) is 0 Å². The molecule has 9 heteroatoms. The van der Waals surface area contributed by atoms with E-state index in [-0.39, 0.29) is 35.7 Å². The largest absolute Gasteiger partial charge is 0.379 e. The molecule has 6 nitrogen and oxygen atoms in total. The Hall–Kier alpha value is -1.98. The van der Waals surface area contributed by atoms with Crippen molar-refractivity contribution in [3.05, 3.63) is 65.2 Å². The van der Waals surface area contributed by atoms with E-state index in [1.807, 2.05) is 0 Å². The minimum atomic E-state index is -0.523. The smallest absolute Gasteiger partial charge is 0.191 e. The fourth-order valence-electron chi connectivity index (χ4n) is 4.23. The summed E-state index contributed by atoms with van der Waals surface area (Å²) in [6.07, 6.45) is 0.782. The lowest BCUT2D eigenvalue weighted by atomic mass is 10.1. The van der Waals surface area contributed by atoms with Gasteiger partial charge in [-0.05, 0) is 29.7 Å². The molecule has 0 aromatic heterocycles. The van der Waals surface area contributed by atoms with E-state index in [0.29, 0.717) is 25.6 Å². The molecular weight excluding hydrogens is 539 g/mol. The molecule has 2 heterocycles. The van der Waals surface area contributed by atoms with Gasteiger partial charge in [0.05, 0.1) is 13.2 Å². The number of ether oxygens (including phenoxy) is 1. The number of hydrogen-bond donors (Lipinski definition) is 2. The summed E-state index contributed by atoms with van der Waals surface area (Å²) in [5, 5.41) is 6.71. The number of anilines is 1. The van der Waals surface area contributed by atoms with Crippen LogP contribution in [0.3, 0.4) is 0 Å². The van der Waals surface area contributed by atoms with Gasteiger partial charge in [-0.3, -0.25) is 9.89 Å². The molecule has 33 heavy (non-hydrogen) atoms. The molecule has 2 saturated heterocycles. The zero-order valence-corrected chi connectivity index (χ0v) is 21.2. The van der Waals surface area contributed by atoms with Crippen LogP contribution in [0.4, 0.5) is 14.5 Å². The zero-order chi connectivity index (χ0) is 22.3. The Kier molecular flexibility index (Phi) is 9.69. The van der Waals surface area contributed by atoms with Crippen molar-refractivity contribution in [2.24, 2.45) is 4.99 Å². The first-order valence-corrected chi connectivity index (χ1v) is 11.2. The molecule has 2 aliphatic heterocycles. The van der Waals surface area contributed by atoms with E-state index in [9.17, 15) is 8.78 Å². The summed E-state index contributed by atoms with van der Waals surface area (Å²) in [5.74, 6) is -0.362. The maximum atomic E-state index is 14.1. The first kappa shape index (κ1) is 25.6. The molecule has 2 N–H and O–H groups in total. The van der Waals surface area contributed by atoms with Gasteiger partial charge < -0.3 is 20.3 Å². The highest BCUT2D eigenvalue weighted by atomic mass is 127. The van der Waals surface area contributed by atoms with Crippen molar-refractivity contribution in [1.82, 2.24) is 15.5 Å². The van der Waals surface area contributed by atoms with Gasteiger partial charge in [0.1, 0.15) is 17.3 Å². The number of morpholine rings is 1. The van der Waals surface area contributed by atoms with Gasteiger partial charge in [-0.25, -0.2) is 8.78 Å². The molecule has 0 spiro atoms. The second-order valence-electron chi connectivity index (χ2n) is 8.28. The van der Waals surface area contributed by atoms with Crippen molar-refractivity contribution in [3.8, 4) is 0 Å². The van der Waals surface area contributed by atoms with Gasteiger partial charge in [-0.2, -0.15) is 0 Å². The van der Waals surface area contributed by atoms with E-state index in [4.69, 9.17) is 4.74 Å². The van der Waals surface area contributed by atoms with Crippen molar-refractivity contribution in [2.45, 2.75) is 25.6 Å². The van der Waals surface area contributed by atoms with E-state index in [2.05, 4.69) is 44.8 Å². The molecule has 0 amide bonds. The average molecular weight is 571 g/mol. The van der Waals surface area contributed by atoms with Gasteiger partial charge >= 0.3 is 0 Å². The van der Waals surface area contributed by atoms with E-state index >= 15 is 0 Å². The Morgan fingerprint density at radius 1 is 1.03 bits per heavy atom. The van der Waals surface area contributed by atoms with Crippen LogP contribution < -0.4 is 15.5 Å². The molecule has 0 saturated carbocycles. The van der Waals surface area contributed by atoms with Gasteiger partial charge in [-0.15, -0.1) is 24.0 Å². The van der Waals surface area contributed by atoms with E-state index < -0.39 is 11.6 Å². The SMILES string of the molecule is CN=C(NCc1ccc(CN2CCOCC2)cc1)NC1CCN(c2c(F)cccc2F)C1.I. The van der Waals surface area contributed by atoms with Gasteiger partial charge in [0.15, 0.2) is 5.96 Å². The van der Waals surface area contributed by atoms with Crippen LogP contribution in [-0.2, 0) is 17.8 Å². The number of para-hydroxylation sites is 1. The number of hydrogen-bond acceptors (Lipinski definition) is 4. The lowest BCUT2D eigenvalue weighted by molar-refractivity contribution is 0.0342. The molecule has 180 valence electrons. The average Bonchev–Trinajstić information content (AvgIpc) is 3.26. The van der Waals surface area contributed by atoms with Gasteiger partial charge in [0.2, 0.25) is 0 Å². The van der Waals surface area contributed by atoms with E-state index in [1.165, 1.54) is 29.3 Å². The minimum Gasteiger partial charge on any atom is -0.379 e. The maximum absolute atomic E-state index is 14.1. The summed E-state index contributed by atoms with van der Waals surface area (Å²) in [6, 6.07) is 12.7. The molecule has 2 fully saturated rings. The zero-order valence-electron chi connectivity index (χ0n) is 18.9.